The SMILES string of the molecule is CCOC(=O)C(C)(NC(=O)CN)c1cc(Cl)cc(Br)c1.Cl. The summed E-state index contributed by atoms with van der Waals surface area (Å²) in [7, 11) is 0. The Morgan fingerprint density at radius 1 is 1.43 bits per heavy atom. The highest BCUT2D eigenvalue weighted by Crippen LogP contribution is 2.29. The predicted octanol–water partition coefficient (Wildman–Crippen LogP) is 2.38. The lowest BCUT2D eigenvalue weighted by Crippen LogP contribution is -2.52. The molecule has 0 spiro atoms. The van der Waals surface area contributed by atoms with Gasteiger partial charge in [0.15, 0.2) is 5.54 Å². The zero-order valence-electron chi connectivity index (χ0n) is 11.6. The summed E-state index contributed by atoms with van der Waals surface area (Å²) in [5.74, 6) is -1.03. The molecule has 0 heterocycles. The van der Waals surface area contributed by atoms with E-state index in [2.05, 4.69) is 21.2 Å². The van der Waals surface area contributed by atoms with Crippen molar-refractivity contribution in [2.45, 2.75) is 19.4 Å². The van der Waals surface area contributed by atoms with Gasteiger partial charge in [0.25, 0.3) is 0 Å². The second-order valence-corrected chi connectivity index (χ2v) is 5.61. The van der Waals surface area contributed by atoms with Crippen LogP contribution in [0.4, 0.5) is 0 Å². The molecule has 0 saturated carbocycles. The number of carbonyl (C=O) groups is 2. The summed E-state index contributed by atoms with van der Waals surface area (Å²) in [4.78, 5) is 23.8. The van der Waals surface area contributed by atoms with Crippen LogP contribution < -0.4 is 11.1 Å². The van der Waals surface area contributed by atoms with Gasteiger partial charge in [0.05, 0.1) is 13.2 Å². The molecule has 1 atom stereocenters. The number of ether oxygens (including phenoxy) is 1. The number of nitrogens with one attached hydrogen (secondary N) is 1. The van der Waals surface area contributed by atoms with E-state index in [-0.39, 0.29) is 25.6 Å². The number of hydrogen-bond donors (Lipinski definition) is 2. The predicted molar refractivity (Wildman–Crippen MR) is 87.6 cm³/mol. The standard InChI is InChI=1S/C13H16BrClN2O3.ClH/c1-3-20-12(19)13(2,17-11(18)7-16)8-4-9(14)6-10(15)5-8;/h4-6H,3,7,16H2,1-2H3,(H,17,18);1H. The average molecular weight is 400 g/mol. The average Bonchev–Trinajstić information content (AvgIpc) is 2.37. The van der Waals surface area contributed by atoms with Gasteiger partial charge >= 0.3 is 5.97 Å². The van der Waals surface area contributed by atoms with E-state index in [1.807, 2.05) is 0 Å². The Balaban J connectivity index is 0.00000400. The minimum Gasteiger partial charge on any atom is -0.464 e. The van der Waals surface area contributed by atoms with Crippen LogP contribution in [-0.2, 0) is 19.9 Å². The Morgan fingerprint density at radius 3 is 2.52 bits per heavy atom. The fourth-order valence-corrected chi connectivity index (χ4v) is 2.55. The Hall–Kier alpha value is -0.820. The molecule has 0 aliphatic rings. The highest BCUT2D eigenvalue weighted by atomic mass is 79.9. The summed E-state index contributed by atoms with van der Waals surface area (Å²) in [5.41, 5.74) is 4.46. The number of hydrogen-bond acceptors (Lipinski definition) is 4. The van der Waals surface area contributed by atoms with Crippen LogP contribution in [0.3, 0.4) is 0 Å². The topological polar surface area (TPSA) is 81.4 Å². The van der Waals surface area contributed by atoms with E-state index < -0.39 is 17.4 Å². The van der Waals surface area contributed by atoms with Crippen LogP contribution in [0.2, 0.25) is 5.02 Å². The maximum absolute atomic E-state index is 12.2. The highest BCUT2D eigenvalue weighted by Gasteiger charge is 2.38. The Kier molecular flexibility index (Phi) is 8.25. The van der Waals surface area contributed by atoms with E-state index in [0.29, 0.717) is 15.1 Å². The largest absolute Gasteiger partial charge is 0.464 e. The van der Waals surface area contributed by atoms with Gasteiger partial charge in [-0.3, -0.25) is 4.79 Å². The molecule has 3 N–H and O–H groups in total. The van der Waals surface area contributed by atoms with Gasteiger partial charge in [-0.1, -0.05) is 27.5 Å². The van der Waals surface area contributed by atoms with Gasteiger partial charge in [-0.05, 0) is 37.6 Å². The lowest BCUT2D eigenvalue weighted by atomic mass is 9.92. The molecule has 21 heavy (non-hydrogen) atoms. The van der Waals surface area contributed by atoms with Crippen LogP contribution in [-0.4, -0.2) is 25.0 Å². The van der Waals surface area contributed by atoms with Gasteiger partial charge in [0.2, 0.25) is 5.91 Å². The number of nitrogens with two attached hydrogens (primary N) is 1. The fourth-order valence-electron chi connectivity index (χ4n) is 1.69. The molecule has 0 fully saturated rings. The molecule has 1 amide bonds. The van der Waals surface area contributed by atoms with Gasteiger partial charge in [0.1, 0.15) is 0 Å². The van der Waals surface area contributed by atoms with Gasteiger partial charge in [-0.25, -0.2) is 4.79 Å². The Morgan fingerprint density at radius 2 is 2.05 bits per heavy atom. The zero-order valence-corrected chi connectivity index (χ0v) is 14.8. The van der Waals surface area contributed by atoms with Crippen molar-refractivity contribution in [3.63, 3.8) is 0 Å². The molecule has 0 aliphatic heterocycles. The van der Waals surface area contributed by atoms with E-state index in [1.165, 1.54) is 0 Å². The molecule has 8 heteroatoms. The van der Waals surface area contributed by atoms with E-state index in [9.17, 15) is 9.59 Å². The van der Waals surface area contributed by atoms with Crippen LogP contribution >= 0.6 is 39.9 Å². The molecular weight excluding hydrogens is 383 g/mol. The minimum atomic E-state index is -1.35. The van der Waals surface area contributed by atoms with Crippen LogP contribution in [0.25, 0.3) is 0 Å². The number of halogens is 3. The van der Waals surface area contributed by atoms with Crippen molar-refractivity contribution in [3.05, 3.63) is 33.3 Å². The lowest BCUT2D eigenvalue weighted by molar-refractivity contribution is -0.153. The quantitative estimate of drug-likeness (QED) is 0.744. The smallest absolute Gasteiger partial charge is 0.336 e. The first-order valence-corrected chi connectivity index (χ1v) is 7.15. The summed E-state index contributed by atoms with van der Waals surface area (Å²) in [6.07, 6.45) is 0. The summed E-state index contributed by atoms with van der Waals surface area (Å²) < 4.78 is 5.73. The maximum atomic E-state index is 12.2. The number of benzene rings is 1. The number of esters is 1. The molecular formula is C13H17BrCl2N2O3. The van der Waals surface area contributed by atoms with Crippen molar-refractivity contribution in [2.24, 2.45) is 5.73 Å². The third-order valence-corrected chi connectivity index (χ3v) is 3.37. The molecule has 1 unspecified atom stereocenters. The molecule has 5 nitrogen and oxygen atoms in total. The zero-order chi connectivity index (χ0) is 15.3. The summed E-state index contributed by atoms with van der Waals surface area (Å²) >= 11 is 9.29. The summed E-state index contributed by atoms with van der Waals surface area (Å²) in [5, 5.41) is 3.02. The molecule has 1 aromatic rings. The normalized spacial score (nSPS) is 12.8. The first-order chi connectivity index (χ1) is 9.33. The van der Waals surface area contributed by atoms with E-state index in [4.69, 9.17) is 22.1 Å². The maximum Gasteiger partial charge on any atom is 0.336 e. The van der Waals surface area contributed by atoms with Gasteiger partial charge < -0.3 is 15.8 Å². The van der Waals surface area contributed by atoms with Crippen molar-refractivity contribution in [3.8, 4) is 0 Å². The minimum absolute atomic E-state index is 0. The highest BCUT2D eigenvalue weighted by molar-refractivity contribution is 9.10. The van der Waals surface area contributed by atoms with E-state index in [1.54, 1.807) is 32.0 Å². The molecule has 0 radical (unpaired) electrons. The molecule has 1 aromatic carbocycles. The van der Waals surface area contributed by atoms with Crippen LogP contribution in [0.1, 0.15) is 19.4 Å². The molecule has 0 aliphatic carbocycles. The second-order valence-electron chi connectivity index (χ2n) is 4.26. The molecule has 0 bridgehead atoms. The second kappa shape index (κ2) is 8.58. The van der Waals surface area contributed by atoms with Gasteiger partial charge in [0, 0.05) is 9.50 Å². The van der Waals surface area contributed by atoms with Crippen molar-refractivity contribution in [1.82, 2.24) is 5.32 Å². The molecule has 0 saturated heterocycles. The Labute approximate surface area is 143 Å². The number of amides is 1. The van der Waals surface area contributed by atoms with Crippen molar-refractivity contribution in [2.75, 3.05) is 13.2 Å². The van der Waals surface area contributed by atoms with E-state index in [0.717, 1.165) is 0 Å². The van der Waals surface area contributed by atoms with Crippen LogP contribution in [0.5, 0.6) is 0 Å². The van der Waals surface area contributed by atoms with Crippen LogP contribution in [0.15, 0.2) is 22.7 Å². The van der Waals surface area contributed by atoms with Crippen molar-refractivity contribution < 1.29 is 14.3 Å². The molecule has 0 aromatic heterocycles. The third kappa shape index (κ3) is 5.14. The molecule has 118 valence electrons. The first kappa shape index (κ1) is 20.2. The molecule has 1 rings (SSSR count). The first-order valence-electron chi connectivity index (χ1n) is 5.98. The number of rotatable bonds is 5. The fraction of sp³-hybridized carbons (Fsp3) is 0.385. The Bertz CT molecular complexity index is 508. The van der Waals surface area contributed by atoms with Gasteiger partial charge in [-0.15, -0.1) is 12.4 Å². The number of carbonyl (C=O) groups excluding carboxylic acids is 2. The van der Waals surface area contributed by atoms with Crippen molar-refractivity contribution >= 4 is 51.8 Å². The van der Waals surface area contributed by atoms with Gasteiger partial charge in [-0.2, -0.15) is 0 Å². The monoisotopic (exact) mass is 398 g/mol. The lowest BCUT2D eigenvalue weighted by Gasteiger charge is -2.29. The summed E-state index contributed by atoms with van der Waals surface area (Å²) in [6.45, 7) is 3.22. The van der Waals surface area contributed by atoms with Crippen LogP contribution in [0, 0.1) is 0 Å². The third-order valence-electron chi connectivity index (χ3n) is 2.70. The van der Waals surface area contributed by atoms with Crippen molar-refractivity contribution in [1.29, 1.82) is 0 Å². The summed E-state index contributed by atoms with van der Waals surface area (Å²) in [6, 6.07) is 4.97. The van der Waals surface area contributed by atoms with E-state index >= 15 is 0 Å².